The Morgan fingerprint density at radius 2 is 1.09 bits per heavy atom. The zero-order valence-corrected chi connectivity index (χ0v) is 33.8. The Morgan fingerprint density at radius 3 is 1.47 bits per heavy atom. The van der Waals surface area contributed by atoms with Gasteiger partial charge in [-0.05, 0) is 110 Å². The van der Waals surface area contributed by atoms with Crippen molar-refractivity contribution in [2.24, 2.45) is 5.92 Å². The number of aliphatic hydroxyl groups excluding tert-OH is 2. The van der Waals surface area contributed by atoms with Crippen molar-refractivity contribution in [2.75, 3.05) is 41.0 Å². The maximum absolute atomic E-state index is 12.2. The number of benzene rings is 2. The van der Waals surface area contributed by atoms with Crippen LogP contribution in [-0.2, 0) is 41.4 Å². The van der Waals surface area contributed by atoms with Crippen LogP contribution >= 0.6 is 23.2 Å². The molecule has 0 saturated heterocycles. The Morgan fingerprint density at radius 1 is 0.679 bits per heavy atom. The van der Waals surface area contributed by atoms with Crippen LogP contribution in [0, 0.1) is 5.92 Å². The van der Waals surface area contributed by atoms with Crippen molar-refractivity contribution in [2.45, 2.75) is 96.6 Å². The molecule has 0 fully saturated rings. The third-order valence-corrected chi connectivity index (χ3v) is 8.04. The van der Waals surface area contributed by atoms with Gasteiger partial charge in [0, 0.05) is 28.7 Å². The normalized spacial score (nSPS) is 13.7. The Bertz CT molecular complexity index is 1410. The first-order valence-corrected chi connectivity index (χ1v) is 18.0. The number of aliphatic hydroxyl groups is 2. The molecule has 2 rings (SSSR count). The summed E-state index contributed by atoms with van der Waals surface area (Å²) in [6.07, 6.45) is 0.860. The Balaban J connectivity index is 0.000000530. The molecule has 0 aliphatic rings. The molecule has 0 aliphatic heterocycles. The number of hydrogen-bond acceptors (Lipinski definition) is 11. The van der Waals surface area contributed by atoms with Crippen LogP contribution in [0.3, 0.4) is 0 Å². The lowest BCUT2D eigenvalue weighted by atomic mass is 9.96. The van der Waals surface area contributed by atoms with E-state index in [0.29, 0.717) is 42.3 Å². The van der Waals surface area contributed by atoms with Gasteiger partial charge in [0.2, 0.25) is 0 Å². The number of methoxy groups -OCH3 is 2. The quantitative estimate of drug-likeness (QED) is 0.124. The summed E-state index contributed by atoms with van der Waals surface area (Å²) in [6.45, 7) is 10.3. The van der Waals surface area contributed by atoms with Crippen LogP contribution < -0.4 is 10.6 Å². The number of ether oxygens (including phenoxy) is 4. The second kappa shape index (κ2) is 23.2. The molecule has 4 N–H and O–H groups in total. The van der Waals surface area contributed by atoms with Crippen molar-refractivity contribution >= 4 is 47.3 Å². The maximum Gasteiger partial charge on any atom is 0.407 e. The number of nitrogens with one attached hydrogen (secondary N) is 2. The molecule has 2 aromatic carbocycles. The van der Waals surface area contributed by atoms with Gasteiger partial charge in [0.15, 0.2) is 0 Å². The SMILES string of the molecule is COC(=O)[C@H](CO)CC[C@H](Cc1ccc(Cl)cc1)NC(=O)OC(C)(C)C.COC(=O)[C@H](CO)N(C)C[C@H](Cc1ccc(Cl)cc1)NC(=O)OC(C)(C)C. The molecule has 4 atom stereocenters. The number of halogens is 2. The van der Waals surface area contributed by atoms with Gasteiger partial charge in [-0.3, -0.25) is 14.5 Å². The molecule has 0 aliphatic carbocycles. The molecule has 0 spiro atoms. The lowest BCUT2D eigenvalue weighted by Gasteiger charge is -2.30. The predicted octanol–water partition coefficient (Wildman–Crippen LogP) is 5.58. The van der Waals surface area contributed by atoms with E-state index in [4.69, 9.17) is 37.4 Å². The first-order valence-electron chi connectivity index (χ1n) is 17.3. The topological polar surface area (TPSA) is 173 Å². The van der Waals surface area contributed by atoms with Gasteiger partial charge in [-0.1, -0.05) is 47.5 Å². The number of esters is 2. The third kappa shape index (κ3) is 20.4. The maximum atomic E-state index is 12.2. The van der Waals surface area contributed by atoms with Crippen molar-refractivity contribution in [3.05, 3.63) is 69.7 Å². The van der Waals surface area contributed by atoms with E-state index >= 15 is 0 Å². The minimum absolute atomic E-state index is 0.260. The fourth-order valence-corrected chi connectivity index (χ4v) is 5.25. The summed E-state index contributed by atoms with van der Waals surface area (Å²) in [6, 6.07) is 13.2. The third-order valence-electron chi connectivity index (χ3n) is 7.54. The van der Waals surface area contributed by atoms with Crippen LogP contribution in [0.1, 0.15) is 65.5 Å². The molecular weight excluding hydrogens is 729 g/mol. The molecule has 53 heavy (non-hydrogen) atoms. The number of amides is 2. The van der Waals surface area contributed by atoms with Crippen LogP contribution in [0.5, 0.6) is 0 Å². The predicted molar refractivity (Wildman–Crippen MR) is 204 cm³/mol. The highest BCUT2D eigenvalue weighted by Gasteiger charge is 2.28. The molecule has 0 bridgehead atoms. The van der Waals surface area contributed by atoms with Crippen molar-refractivity contribution in [1.82, 2.24) is 15.5 Å². The van der Waals surface area contributed by atoms with Crippen molar-refractivity contribution in [3.63, 3.8) is 0 Å². The highest BCUT2D eigenvalue weighted by atomic mass is 35.5. The molecule has 13 nitrogen and oxygen atoms in total. The van der Waals surface area contributed by atoms with Crippen molar-refractivity contribution in [3.8, 4) is 0 Å². The van der Waals surface area contributed by atoms with Gasteiger partial charge in [-0.15, -0.1) is 0 Å². The zero-order chi connectivity index (χ0) is 40.4. The van der Waals surface area contributed by atoms with Gasteiger partial charge in [0.05, 0.1) is 33.4 Å². The van der Waals surface area contributed by atoms with Gasteiger partial charge in [0.25, 0.3) is 0 Å². The second-order valence-electron chi connectivity index (χ2n) is 14.5. The van der Waals surface area contributed by atoms with E-state index in [-0.39, 0.29) is 25.3 Å². The molecule has 0 unspecified atom stereocenters. The van der Waals surface area contributed by atoms with Crippen molar-refractivity contribution < 1.29 is 48.3 Å². The van der Waals surface area contributed by atoms with Crippen LogP contribution in [0.25, 0.3) is 0 Å². The molecule has 298 valence electrons. The molecule has 2 aromatic rings. The largest absolute Gasteiger partial charge is 0.469 e. The van der Waals surface area contributed by atoms with Crippen molar-refractivity contribution in [1.29, 1.82) is 0 Å². The molecule has 0 radical (unpaired) electrons. The highest BCUT2D eigenvalue weighted by molar-refractivity contribution is 6.30. The monoisotopic (exact) mass is 785 g/mol. The fraction of sp³-hybridized carbons (Fsp3) is 0.579. The number of hydrogen-bond donors (Lipinski definition) is 4. The molecular formula is C38H57Cl2N3O10. The van der Waals surface area contributed by atoms with Crippen LogP contribution in [0.15, 0.2) is 48.5 Å². The fourth-order valence-electron chi connectivity index (χ4n) is 5.00. The van der Waals surface area contributed by atoms with Gasteiger partial charge in [0.1, 0.15) is 17.2 Å². The average Bonchev–Trinajstić information content (AvgIpc) is 3.05. The minimum atomic E-state index is -0.817. The molecule has 15 heteroatoms. The van der Waals surface area contributed by atoms with E-state index in [1.807, 2.05) is 24.3 Å². The van der Waals surface area contributed by atoms with Gasteiger partial charge in [-0.25, -0.2) is 9.59 Å². The minimum Gasteiger partial charge on any atom is -0.469 e. The zero-order valence-electron chi connectivity index (χ0n) is 32.2. The first kappa shape index (κ1) is 47.4. The van der Waals surface area contributed by atoms with E-state index < -0.39 is 47.3 Å². The summed E-state index contributed by atoms with van der Waals surface area (Å²) in [7, 11) is 4.24. The van der Waals surface area contributed by atoms with E-state index in [0.717, 1.165) is 11.1 Å². The lowest BCUT2D eigenvalue weighted by Crippen LogP contribution is -2.51. The number of nitrogens with zero attached hydrogens (tertiary/aromatic N) is 1. The standard InChI is InChI=1S/C19H29ClN2O5.C19H28ClNO5/c1-19(2,3)27-18(25)21-15(10-13-6-8-14(20)9-7-13)11-22(4)16(12-23)17(24)26-5;1-19(2,3)26-18(24)21-16(10-7-14(12-22)17(23)25-4)11-13-5-8-15(20)9-6-13/h6-9,15-16,23H,10-12H2,1-5H3,(H,21,25);5-6,8-9,14,16,22H,7,10-12H2,1-4H3,(H,21,24)/t15-,16-;14-,16+/m00/s1. The molecule has 0 aromatic heterocycles. The molecule has 0 heterocycles. The van der Waals surface area contributed by atoms with E-state index in [1.165, 1.54) is 14.2 Å². The van der Waals surface area contributed by atoms with E-state index in [2.05, 4.69) is 15.4 Å². The van der Waals surface area contributed by atoms with Gasteiger partial charge < -0.3 is 39.8 Å². The van der Waals surface area contributed by atoms with E-state index in [1.54, 1.807) is 77.8 Å². The summed E-state index contributed by atoms with van der Waals surface area (Å²) in [4.78, 5) is 49.4. The van der Waals surface area contributed by atoms with Gasteiger partial charge in [-0.2, -0.15) is 0 Å². The number of alkyl carbamates (subject to hydrolysis) is 2. The smallest absolute Gasteiger partial charge is 0.407 e. The summed E-state index contributed by atoms with van der Waals surface area (Å²) in [5.41, 5.74) is 0.733. The van der Waals surface area contributed by atoms with Crippen LogP contribution in [0.2, 0.25) is 10.0 Å². The molecule has 0 saturated carbocycles. The Kier molecular flexibility index (Phi) is 20.8. The van der Waals surface area contributed by atoms with Crippen LogP contribution in [-0.4, -0.2) is 110 Å². The van der Waals surface area contributed by atoms with Gasteiger partial charge >= 0.3 is 24.1 Å². The average molecular weight is 787 g/mol. The second-order valence-corrected chi connectivity index (χ2v) is 15.4. The lowest BCUT2D eigenvalue weighted by molar-refractivity contribution is -0.148. The Hall–Kier alpha value is -3.62. The highest BCUT2D eigenvalue weighted by Crippen LogP contribution is 2.18. The van der Waals surface area contributed by atoms with E-state index in [9.17, 15) is 29.4 Å². The summed E-state index contributed by atoms with van der Waals surface area (Å²) in [5.74, 6) is -1.62. The van der Waals surface area contributed by atoms with Crippen LogP contribution in [0.4, 0.5) is 9.59 Å². The number of carbonyl (C=O) groups is 4. The number of carbonyl (C=O) groups excluding carboxylic acids is 4. The number of rotatable bonds is 16. The summed E-state index contributed by atoms with van der Waals surface area (Å²) >= 11 is 11.8. The molecule has 2 amide bonds. The summed E-state index contributed by atoms with van der Waals surface area (Å²) < 4.78 is 20.1. The number of likely N-dealkylation sites (N-methyl/N-ethyl adjacent to an activating group) is 1. The first-order chi connectivity index (χ1) is 24.7. The Labute approximate surface area is 323 Å². The summed E-state index contributed by atoms with van der Waals surface area (Å²) in [5, 5.41) is 25.8.